The summed E-state index contributed by atoms with van der Waals surface area (Å²) in [4.78, 5) is 25.5. The van der Waals surface area contributed by atoms with Crippen LogP contribution in [-0.2, 0) is 9.59 Å². The zero-order valence-corrected chi connectivity index (χ0v) is 14.7. The number of nitrogens with zero attached hydrogens (tertiary/aromatic N) is 2. The topological polar surface area (TPSA) is 73.8 Å². The minimum absolute atomic E-state index is 0.00390. The standard InChI is InChI=1S/C19H21FN4O2/c1-24(2)17-9-3-14(4-10-17)13-21-23-19(26)12-11-18(25)22-16-7-5-15(20)6-8-16/h3-10,13H,11-12H2,1-2H3,(H,22,25)(H,23,26)/b21-13+. The number of carbonyl (C=O) groups excluding carboxylic acids is 2. The summed E-state index contributed by atoms with van der Waals surface area (Å²) in [5.74, 6) is -1.06. The number of amides is 2. The third kappa shape index (κ3) is 6.35. The first-order chi connectivity index (χ1) is 12.4. The van der Waals surface area contributed by atoms with Gasteiger partial charge in [0, 0.05) is 38.3 Å². The number of hydrogen-bond donors (Lipinski definition) is 2. The molecule has 0 aromatic heterocycles. The van der Waals surface area contributed by atoms with E-state index in [-0.39, 0.29) is 30.5 Å². The summed E-state index contributed by atoms with van der Waals surface area (Å²) < 4.78 is 12.8. The second-order valence-electron chi connectivity index (χ2n) is 5.83. The highest BCUT2D eigenvalue weighted by atomic mass is 19.1. The lowest BCUT2D eigenvalue weighted by molar-refractivity contribution is -0.124. The van der Waals surface area contributed by atoms with Gasteiger partial charge in [-0.2, -0.15) is 5.10 Å². The minimum Gasteiger partial charge on any atom is -0.378 e. The Morgan fingerprint density at radius 1 is 1.00 bits per heavy atom. The monoisotopic (exact) mass is 356 g/mol. The fourth-order valence-electron chi connectivity index (χ4n) is 2.08. The van der Waals surface area contributed by atoms with Crippen LogP contribution < -0.4 is 15.6 Å². The van der Waals surface area contributed by atoms with Crippen LogP contribution in [0.3, 0.4) is 0 Å². The summed E-state index contributed by atoms with van der Waals surface area (Å²) in [5.41, 5.74) is 4.79. The molecule has 0 saturated carbocycles. The first-order valence-corrected chi connectivity index (χ1v) is 8.09. The van der Waals surface area contributed by atoms with Crippen LogP contribution in [0.15, 0.2) is 53.6 Å². The number of nitrogens with one attached hydrogen (secondary N) is 2. The van der Waals surface area contributed by atoms with E-state index in [0.29, 0.717) is 5.69 Å². The van der Waals surface area contributed by atoms with Crippen molar-refractivity contribution in [2.24, 2.45) is 5.10 Å². The number of hydrogen-bond acceptors (Lipinski definition) is 4. The van der Waals surface area contributed by atoms with Crippen molar-refractivity contribution in [1.29, 1.82) is 0 Å². The molecule has 2 aromatic carbocycles. The fraction of sp³-hybridized carbons (Fsp3) is 0.211. The molecule has 6 nitrogen and oxygen atoms in total. The van der Waals surface area contributed by atoms with E-state index in [1.54, 1.807) is 0 Å². The van der Waals surface area contributed by atoms with E-state index < -0.39 is 0 Å². The summed E-state index contributed by atoms with van der Waals surface area (Å²) in [5, 5.41) is 6.47. The molecule has 2 N–H and O–H groups in total. The average Bonchev–Trinajstić information content (AvgIpc) is 2.62. The van der Waals surface area contributed by atoms with Gasteiger partial charge >= 0.3 is 0 Å². The Bertz CT molecular complexity index is 771. The summed E-state index contributed by atoms with van der Waals surface area (Å²) in [7, 11) is 3.91. The maximum absolute atomic E-state index is 12.8. The van der Waals surface area contributed by atoms with Crippen molar-refractivity contribution in [1.82, 2.24) is 5.43 Å². The molecule has 0 aliphatic carbocycles. The van der Waals surface area contributed by atoms with E-state index in [9.17, 15) is 14.0 Å². The van der Waals surface area contributed by atoms with Crippen LogP contribution in [0.4, 0.5) is 15.8 Å². The van der Waals surface area contributed by atoms with Gasteiger partial charge in [0.2, 0.25) is 11.8 Å². The average molecular weight is 356 g/mol. The van der Waals surface area contributed by atoms with E-state index in [2.05, 4.69) is 15.8 Å². The summed E-state index contributed by atoms with van der Waals surface area (Å²) in [6.45, 7) is 0. The highest BCUT2D eigenvalue weighted by molar-refractivity contribution is 5.93. The number of carbonyl (C=O) groups is 2. The molecule has 0 radical (unpaired) electrons. The lowest BCUT2D eigenvalue weighted by Gasteiger charge is -2.11. The summed E-state index contributed by atoms with van der Waals surface area (Å²) in [6, 6.07) is 13.1. The predicted octanol–water partition coefficient (Wildman–Crippen LogP) is 2.76. The smallest absolute Gasteiger partial charge is 0.240 e. The van der Waals surface area contributed by atoms with E-state index in [4.69, 9.17) is 0 Å². The molecule has 0 aliphatic rings. The van der Waals surface area contributed by atoms with Gasteiger partial charge in [-0.15, -0.1) is 0 Å². The van der Waals surface area contributed by atoms with Gasteiger partial charge in [0.15, 0.2) is 0 Å². The first kappa shape index (κ1) is 19.1. The molecular formula is C19H21FN4O2. The quantitative estimate of drug-likeness (QED) is 0.592. The lowest BCUT2D eigenvalue weighted by atomic mass is 10.2. The van der Waals surface area contributed by atoms with E-state index in [0.717, 1.165) is 11.3 Å². The normalized spacial score (nSPS) is 10.6. The van der Waals surface area contributed by atoms with Gasteiger partial charge in [-0.25, -0.2) is 9.82 Å². The van der Waals surface area contributed by atoms with Crippen molar-refractivity contribution in [3.05, 3.63) is 59.9 Å². The van der Waals surface area contributed by atoms with Crippen molar-refractivity contribution in [3.8, 4) is 0 Å². The Kier molecular flexibility index (Phi) is 6.84. The lowest BCUT2D eigenvalue weighted by Crippen LogP contribution is -2.20. The van der Waals surface area contributed by atoms with Crippen LogP contribution in [0.2, 0.25) is 0 Å². The Morgan fingerprint density at radius 3 is 2.23 bits per heavy atom. The molecule has 0 unspecified atom stereocenters. The molecule has 2 rings (SSSR count). The number of rotatable bonds is 7. The Balaban J connectivity index is 1.72. The van der Waals surface area contributed by atoms with E-state index in [1.807, 2.05) is 43.3 Å². The maximum atomic E-state index is 12.8. The minimum atomic E-state index is -0.378. The highest BCUT2D eigenvalue weighted by Crippen LogP contribution is 2.11. The number of hydrazone groups is 1. The molecule has 0 atom stereocenters. The Hall–Kier alpha value is -3.22. The largest absolute Gasteiger partial charge is 0.378 e. The molecule has 2 amide bonds. The first-order valence-electron chi connectivity index (χ1n) is 8.09. The Morgan fingerprint density at radius 2 is 1.62 bits per heavy atom. The molecule has 136 valence electrons. The second-order valence-corrected chi connectivity index (χ2v) is 5.83. The van der Waals surface area contributed by atoms with Gasteiger partial charge < -0.3 is 10.2 Å². The van der Waals surface area contributed by atoms with Crippen LogP contribution in [0.1, 0.15) is 18.4 Å². The Labute approximate surface area is 151 Å². The summed E-state index contributed by atoms with van der Waals surface area (Å²) >= 11 is 0. The SMILES string of the molecule is CN(C)c1ccc(/C=N/NC(=O)CCC(=O)Nc2ccc(F)cc2)cc1. The van der Waals surface area contributed by atoms with Crippen molar-refractivity contribution in [2.75, 3.05) is 24.3 Å². The summed E-state index contributed by atoms with van der Waals surface area (Å²) in [6.07, 6.45) is 1.55. The molecule has 0 fully saturated rings. The molecule has 0 heterocycles. The highest BCUT2D eigenvalue weighted by Gasteiger charge is 2.06. The van der Waals surface area contributed by atoms with Gasteiger partial charge in [0.25, 0.3) is 0 Å². The molecule has 26 heavy (non-hydrogen) atoms. The molecule has 2 aromatic rings. The van der Waals surface area contributed by atoms with Gasteiger partial charge in [-0.3, -0.25) is 9.59 Å². The van der Waals surface area contributed by atoms with Gasteiger partial charge in [0.05, 0.1) is 6.21 Å². The zero-order valence-electron chi connectivity index (χ0n) is 14.7. The van der Waals surface area contributed by atoms with Gasteiger partial charge in [-0.1, -0.05) is 12.1 Å². The number of benzene rings is 2. The second kappa shape index (κ2) is 9.31. The molecule has 0 aliphatic heterocycles. The maximum Gasteiger partial charge on any atom is 0.240 e. The number of halogens is 1. The number of anilines is 2. The molecule has 0 spiro atoms. The van der Waals surface area contributed by atoms with Crippen LogP contribution in [0.25, 0.3) is 0 Å². The molecule has 7 heteroatoms. The van der Waals surface area contributed by atoms with Crippen molar-refractivity contribution >= 4 is 29.4 Å². The third-order valence-electron chi connectivity index (χ3n) is 3.52. The van der Waals surface area contributed by atoms with Crippen LogP contribution in [-0.4, -0.2) is 32.1 Å². The predicted molar refractivity (Wildman–Crippen MR) is 101 cm³/mol. The van der Waals surface area contributed by atoms with Crippen molar-refractivity contribution < 1.29 is 14.0 Å². The van der Waals surface area contributed by atoms with Crippen LogP contribution >= 0.6 is 0 Å². The van der Waals surface area contributed by atoms with Crippen molar-refractivity contribution in [2.45, 2.75) is 12.8 Å². The van der Waals surface area contributed by atoms with E-state index in [1.165, 1.54) is 30.5 Å². The van der Waals surface area contributed by atoms with E-state index >= 15 is 0 Å². The molecule has 0 saturated heterocycles. The third-order valence-corrected chi connectivity index (χ3v) is 3.52. The fourth-order valence-corrected chi connectivity index (χ4v) is 2.08. The van der Waals surface area contributed by atoms with Crippen LogP contribution in [0.5, 0.6) is 0 Å². The zero-order chi connectivity index (χ0) is 18.9. The molecule has 0 bridgehead atoms. The van der Waals surface area contributed by atoms with Gasteiger partial charge in [-0.05, 0) is 42.0 Å². The molecular weight excluding hydrogens is 335 g/mol. The van der Waals surface area contributed by atoms with Crippen LogP contribution in [0, 0.1) is 5.82 Å². The van der Waals surface area contributed by atoms with Crippen molar-refractivity contribution in [3.63, 3.8) is 0 Å². The van der Waals surface area contributed by atoms with Gasteiger partial charge in [0.1, 0.15) is 5.82 Å².